The normalized spacial score (nSPS) is 20.6. The van der Waals surface area contributed by atoms with E-state index in [9.17, 15) is 8.42 Å². The summed E-state index contributed by atoms with van der Waals surface area (Å²) < 4.78 is 23.8. The molecule has 7 heteroatoms. The summed E-state index contributed by atoms with van der Waals surface area (Å²) in [7, 11) is -3.07. The number of rotatable bonds is 6. The molecule has 1 aromatic rings. The molecule has 6 nitrogen and oxygen atoms in total. The lowest BCUT2D eigenvalue weighted by Crippen LogP contribution is -2.57. The first-order valence-corrected chi connectivity index (χ1v) is 11.7. The highest BCUT2D eigenvalue weighted by Gasteiger charge is 2.41. The van der Waals surface area contributed by atoms with Crippen molar-refractivity contribution in [3.63, 3.8) is 0 Å². The lowest BCUT2D eigenvalue weighted by Gasteiger charge is -2.39. The average Bonchev–Trinajstić information content (AvgIpc) is 2.61. The van der Waals surface area contributed by atoms with Crippen LogP contribution < -0.4 is 10.6 Å². The topological polar surface area (TPSA) is 73.8 Å². The summed E-state index contributed by atoms with van der Waals surface area (Å²) >= 11 is 0. The molecule has 2 rings (SSSR count). The number of hydrogen-bond acceptors (Lipinski definition) is 4. The largest absolute Gasteiger partial charge is 0.357 e. The van der Waals surface area contributed by atoms with E-state index in [1.54, 1.807) is 13.8 Å². The van der Waals surface area contributed by atoms with Crippen LogP contribution in [0.3, 0.4) is 0 Å². The van der Waals surface area contributed by atoms with Gasteiger partial charge in [-0.2, -0.15) is 0 Å². The minimum atomic E-state index is -3.07. The minimum absolute atomic E-state index is 0.164. The molecule has 1 saturated heterocycles. The highest BCUT2D eigenvalue weighted by Crippen LogP contribution is 2.24. The number of hydrogen-bond donors (Lipinski definition) is 2. The molecule has 2 N–H and O–H groups in total. The highest BCUT2D eigenvalue weighted by molar-refractivity contribution is 7.92. The van der Waals surface area contributed by atoms with Crippen LogP contribution in [-0.2, 0) is 9.84 Å². The Bertz CT molecular complexity index is 773. The monoisotopic (exact) mass is 408 g/mol. The van der Waals surface area contributed by atoms with E-state index < -0.39 is 14.6 Å². The summed E-state index contributed by atoms with van der Waals surface area (Å²) in [5.41, 5.74) is 1.04. The van der Waals surface area contributed by atoms with E-state index in [2.05, 4.69) is 48.4 Å². The molecule has 1 aliphatic heterocycles. The minimum Gasteiger partial charge on any atom is -0.357 e. The van der Waals surface area contributed by atoms with Gasteiger partial charge in [0, 0.05) is 31.2 Å². The maximum absolute atomic E-state index is 12.3. The predicted molar refractivity (Wildman–Crippen MR) is 117 cm³/mol. The van der Waals surface area contributed by atoms with Crippen LogP contribution in [0.4, 0.5) is 0 Å². The summed E-state index contributed by atoms with van der Waals surface area (Å²) in [5.74, 6) is 0.949. The van der Waals surface area contributed by atoms with Crippen molar-refractivity contribution in [2.24, 2.45) is 4.99 Å². The zero-order chi connectivity index (χ0) is 21.0. The molecule has 1 aliphatic rings. The third-order valence-corrected chi connectivity index (χ3v) is 7.74. The van der Waals surface area contributed by atoms with Gasteiger partial charge in [-0.1, -0.05) is 30.3 Å². The smallest absolute Gasteiger partial charge is 0.194 e. The number of nitrogens with one attached hydrogen (secondary N) is 2. The van der Waals surface area contributed by atoms with E-state index in [0.717, 1.165) is 12.5 Å². The lowest BCUT2D eigenvalue weighted by molar-refractivity contribution is 0.339. The number of guanidine groups is 1. The fraction of sp³-hybridized carbons (Fsp3) is 0.667. The van der Waals surface area contributed by atoms with Crippen LogP contribution in [0.1, 0.15) is 53.1 Å². The average molecular weight is 409 g/mol. The molecule has 1 unspecified atom stereocenters. The Morgan fingerprint density at radius 3 is 2.50 bits per heavy atom. The van der Waals surface area contributed by atoms with E-state index in [-0.39, 0.29) is 17.3 Å². The lowest BCUT2D eigenvalue weighted by atomic mass is 10.0. The van der Waals surface area contributed by atoms with E-state index >= 15 is 0 Å². The van der Waals surface area contributed by atoms with Crippen molar-refractivity contribution in [3.05, 3.63) is 35.9 Å². The summed E-state index contributed by atoms with van der Waals surface area (Å²) in [6.45, 7) is 14.3. The fourth-order valence-electron chi connectivity index (χ4n) is 3.48. The first-order chi connectivity index (χ1) is 13.0. The zero-order valence-corrected chi connectivity index (χ0v) is 18.9. The summed E-state index contributed by atoms with van der Waals surface area (Å²) in [4.78, 5) is 6.91. The molecular formula is C21H36N4O2S. The van der Waals surface area contributed by atoms with Crippen molar-refractivity contribution < 1.29 is 8.42 Å². The van der Waals surface area contributed by atoms with Crippen molar-refractivity contribution in [3.8, 4) is 0 Å². The van der Waals surface area contributed by atoms with Crippen LogP contribution >= 0.6 is 0 Å². The molecule has 1 heterocycles. The molecule has 0 amide bonds. The third kappa shape index (κ3) is 5.70. The number of aliphatic imine (C=N–C) groups is 1. The Balaban J connectivity index is 2.09. The molecule has 28 heavy (non-hydrogen) atoms. The Kier molecular flexibility index (Phi) is 7.15. The van der Waals surface area contributed by atoms with E-state index in [4.69, 9.17) is 4.99 Å². The fourth-order valence-corrected chi connectivity index (χ4v) is 4.85. The highest BCUT2D eigenvalue weighted by atomic mass is 32.2. The molecule has 0 saturated carbocycles. The molecule has 1 aromatic carbocycles. The summed E-state index contributed by atoms with van der Waals surface area (Å²) in [5, 5.41) is 6.98. The van der Waals surface area contributed by atoms with Crippen molar-refractivity contribution >= 4 is 15.8 Å². The van der Waals surface area contributed by atoms with Crippen molar-refractivity contribution in [1.82, 2.24) is 15.5 Å². The molecule has 0 bridgehead atoms. The van der Waals surface area contributed by atoms with E-state index in [0.29, 0.717) is 19.6 Å². The number of sulfone groups is 1. The first kappa shape index (κ1) is 22.7. The van der Waals surface area contributed by atoms with Crippen LogP contribution in [0.25, 0.3) is 0 Å². The van der Waals surface area contributed by atoms with Gasteiger partial charge in [-0.05, 0) is 47.1 Å². The summed E-state index contributed by atoms with van der Waals surface area (Å²) in [6.07, 6.45) is 0. The van der Waals surface area contributed by atoms with Gasteiger partial charge in [0.05, 0.1) is 17.0 Å². The van der Waals surface area contributed by atoms with Gasteiger partial charge in [0.1, 0.15) is 0 Å². The second-order valence-electron chi connectivity index (χ2n) is 8.83. The molecule has 0 spiro atoms. The molecule has 0 radical (unpaired) electrons. The van der Waals surface area contributed by atoms with Crippen LogP contribution in [0.2, 0.25) is 0 Å². The molecular weight excluding hydrogens is 372 g/mol. The molecule has 1 fully saturated rings. The molecule has 0 aliphatic carbocycles. The van der Waals surface area contributed by atoms with Gasteiger partial charge in [0.25, 0.3) is 0 Å². The predicted octanol–water partition coefficient (Wildman–Crippen LogP) is 2.59. The van der Waals surface area contributed by atoms with E-state index in [1.807, 2.05) is 25.1 Å². The second-order valence-corrected chi connectivity index (χ2v) is 11.6. The Morgan fingerprint density at radius 1 is 1.29 bits per heavy atom. The van der Waals surface area contributed by atoms with Crippen molar-refractivity contribution in [1.29, 1.82) is 0 Å². The number of benzene rings is 1. The van der Waals surface area contributed by atoms with Crippen molar-refractivity contribution in [2.75, 3.05) is 31.9 Å². The third-order valence-electron chi connectivity index (χ3n) is 5.21. The van der Waals surface area contributed by atoms with Gasteiger partial charge in [-0.3, -0.25) is 4.99 Å². The SMILES string of the molecule is CCNC(=NCC(C)(C)NC(C)c1ccccc1)N1CCS(=O)(=O)C(C)(C)C1. The van der Waals surface area contributed by atoms with Crippen LogP contribution in [0, 0.1) is 0 Å². The van der Waals surface area contributed by atoms with Gasteiger partial charge in [-0.25, -0.2) is 8.42 Å². The van der Waals surface area contributed by atoms with Gasteiger partial charge in [0.2, 0.25) is 0 Å². The molecule has 1 atom stereocenters. The van der Waals surface area contributed by atoms with Crippen LogP contribution in [-0.4, -0.2) is 61.5 Å². The zero-order valence-electron chi connectivity index (χ0n) is 18.1. The van der Waals surface area contributed by atoms with Gasteiger partial charge < -0.3 is 15.5 Å². The van der Waals surface area contributed by atoms with Gasteiger partial charge >= 0.3 is 0 Å². The quantitative estimate of drug-likeness (QED) is 0.559. The Hall–Kier alpha value is -1.60. The molecule has 0 aromatic heterocycles. The maximum atomic E-state index is 12.3. The molecule has 158 valence electrons. The van der Waals surface area contributed by atoms with Gasteiger partial charge in [0.15, 0.2) is 15.8 Å². The van der Waals surface area contributed by atoms with Crippen molar-refractivity contribution in [2.45, 2.75) is 57.9 Å². The summed E-state index contributed by atoms with van der Waals surface area (Å²) in [6, 6.07) is 10.6. The standard InChI is InChI=1S/C21H36N4O2S/c1-7-22-19(25-13-14-28(26,27)21(5,6)16-25)23-15-20(3,4)24-17(2)18-11-9-8-10-12-18/h8-12,17,24H,7,13-16H2,1-6H3,(H,22,23). The Morgan fingerprint density at radius 2 is 1.93 bits per heavy atom. The number of nitrogens with zero attached hydrogens (tertiary/aromatic N) is 2. The van der Waals surface area contributed by atoms with E-state index in [1.165, 1.54) is 5.56 Å². The van der Waals surface area contributed by atoms with Crippen LogP contribution in [0.5, 0.6) is 0 Å². The van der Waals surface area contributed by atoms with Gasteiger partial charge in [-0.15, -0.1) is 0 Å². The second kappa shape index (κ2) is 8.82. The Labute approximate surface area is 170 Å². The first-order valence-electron chi connectivity index (χ1n) is 10.1. The van der Waals surface area contributed by atoms with Crippen LogP contribution in [0.15, 0.2) is 35.3 Å². The maximum Gasteiger partial charge on any atom is 0.194 e.